The second-order valence-corrected chi connectivity index (χ2v) is 8.75. The molecule has 0 aliphatic heterocycles. The number of aryl methyl sites for hydroxylation is 1. The smallest absolute Gasteiger partial charge is 0.209 e. The van der Waals surface area contributed by atoms with Gasteiger partial charge < -0.3 is 10.0 Å². The highest BCUT2D eigenvalue weighted by Crippen LogP contribution is 2.43. The Balaban J connectivity index is 1.48. The quantitative estimate of drug-likeness (QED) is 0.670. The van der Waals surface area contributed by atoms with Crippen LogP contribution in [0.5, 0.6) is 5.75 Å². The van der Waals surface area contributed by atoms with Crippen LogP contribution in [0.4, 0.5) is 13.9 Å². The fraction of sp³-hybridized carbons (Fsp3) is 0.450. The number of halogens is 2. The molecule has 29 heavy (non-hydrogen) atoms. The minimum atomic E-state index is -0.854. The first-order valence-electron chi connectivity index (χ1n) is 9.79. The predicted octanol–water partition coefficient (Wildman–Crippen LogP) is 4.31. The van der Waals surface area contributed by atoms with Crippen LogP contribution in [0, 0.1) is 5.82 Å². The number of phenols is 1. The van der Waals surface area contributed by atoms with Gasteiger partial charge in [-0.05, 0) is 44.2 Å². The van der Waals surface area contributed by atoms with Crippen LogP contribution in [-0.2, 0) is 7.05 Å². The molecule has 1 N–H and O–H groups in total. The molecule has 1 aromatic carbocycles. The number of aromatic nitrogens is 4. The SMILES string of the molecule is Cn1cc(-c2cc(O)c(-c3nnc(N(C4CC4)[C@@H]4CCC[C@@H]4F)s3)cc2F)cn1. The molecule has 2 aromatic heterocycles. The van der Waals surface area contributed by atoms with Crippen LogP contribution in [0.15, 0.2) is 24.5 Å². The number of anilines is 1. The Morgan fingerprint density at radius 3 is 2.66 bits per heavy atom. The molecule has 2 atom stereocenters. The Morgan fingerprint density at radius 1 is 1.17 bits per heavy atom. The Morgan fingerprint density at radius 2 is 2.00 bits per heavy atom. The van der Waals surface area contributed by atoms with Crippen molar-refractivity contribution in [1.82, 2.24) is 20.0 Å². The number of alkyl halides is 1. The summed E-state index contributed by atoms with van der Waals surface area (Å²) < 4.78 is 30.7. The summed E-state index contributed by atoms with van der Waals surface area (Å²) in [5, 5.41) is 24.1. The van der Waals surface area contributed by atoms with Gasteiger partial charge in [0.05, 0.1) is 17.8 Å². The van der Waals surface area contributed by atoms with Gasteiger partial charge in [0.1, 0.15) is 17.7 Å². The van der Waals surface area contributed by atoms with Gasteiger partial charge in [-0.3, -0.25) is 4.68 Å². The maximum Gasteiger partial charge on any atom is 0.209 e. The van der Waals surface area contributed by atoms with E-state index in [0.29, 0.717) is 28.2 Å². The van der Waals surface area contributed by atoms with E-state index >= 15 is 0 Å². The summed E-state index contributed by atoms with van der Waals surface area (Å²) in [6, 6.07) is 2.80. The molecule has 2 aliphatic carbocycles. The van der Waals surface area contributed by atoms with E-state index < -0.39 is 12.0 Å². The van der Waals surface area contributed by atoms with E-state index in [9.17, 15) is 13.9 Å². The summed E-state index contributed by atoms with van der Waals surface area (Å²) in [5.74, 6) is -0.545. The Labute approximate surface area is 170 Å². The van der Waals surface area contributed by atoms with E-state index in [1.807, 2.05) is 0 Å². The van der Waals surface area contributed by atoms with Crippen LogP contribution in [-0.4, -0.2) is 43.3 Å². The summed E-state index contributed by atoms with van der Waals surface area (Å²) in [6.45, 7) is 0. The third-order valence-corrected chi connectivity index (χ3v) is 6.63. The summed E-state index contributed by atoms with van der Waals surface area (Å²) in [4.78, 5) is 2.07. The van der Waals surface area contributed by atoms with E-state index in [1.165, 1.54) is 23.5 Å². The fourth-order valence-corrected chi connectivity index (χ4v) is 5.07. The van der Waals surface area contributed by atoms with Gasteiger partial charge >= 0.3 is 0 Å². The van der Waals surface area contributed by atoms with Crippen LogP contribution >= 0.6 is 11.3 Å². The highest BCUT2D eigenvalue weighted by Gasteiger charge is 2.41. The average molecular weight is 417 g/mol. The van der Waals surface area contributed by atoms with E-state index in [-0.39, 0.29) is 22.9 Å². The highest BCUT2D eigenvalue weighted by atomic mass is 32.1. The molecule has 2 fully saturated rings. The van der Waals surface area contributed by atoms with Gasteiger partial charge in [0.25, 0.3) is 0 Å². The van der Waals surface area contributed by atoms with Gasteiger partial charge in [0, 0.05) is 30.4 Å². The highest BCUT2D eigenvalue weighted by molar-refractivity contribution is 7.18. The van der Waals surface area contributed by atoms with E-state index in [4.69, 9.17) is 0 Å². The summed E-state index contributed by atoms with van der Waals surface area (Å²) in [7, 11) is 1.75. The Kier molecular flexibility index (Phi) is 4.49. The first kappa shape index (κ1) is 18.5. The van der Waals surface area contributed by atoms with Crippen molar-refractivity contribution in [3.8, 4) is 27.4 Å². The maximum atomic E-state index is 14.8. The summed E-state index contributed by atoms with van der Waals surface area (Å²) >= 11 is 1.27. The Bertz CT molecular complexity index is 1050. The molecule has 3 aromatic rings. The zero-order chi connectivity index (χ0) is 20.1. The minimum Gasteiger partial charge on any atom is -0.507 e. The van der Waals surface area contributed by atoms with Gasteiger partial charge in [0.2, 0.25) is 5.13 Å². The van der Waals surface area contributed by atoms with Crippen molar-refractivity contribution in [1.29, 1.82) is 0 Å². The monoisotopic (exact) mass is 417 g/mol. The molecular formula is C20H21F2N5OS. The first-order chi connectivity index (χ1) is 14.0. The average Bonchev–Trinajstić information content (AvgIpc) is 3.04. The predicted molar refractivity (Wildman–Crippen MR) is 107 cm³/mol. The molecule has 9 heteroatoms. The molecule has 0 saturated heterocycles. The molecule has 5 rings (SSSR count). The zero-order valence-electron chi connectivity index (χ0n) is 15.9. The van der Waals surface area contributed by atoms with E-state index in [0.717, 1.165) is 25.7 Å². The van der Waals surface area contributed by atoms with Crippen molar-refractivity contribution in [2.75, 3.05) is 4.90 Å². The third-order valence-electron chi connectivity index (χ3n) is 5.66. The molecule has 2 aliphatic rings. The molecule has 0 spiro atoms. The zero-order valence-corrected chi connectivity index (χ0v) is 16.7. The van der Waals surface area contributed by atoms with Crippen molar-refractivity contribution in [2.24, 2.45) is 7.05 Å². The standard InChI is InChI=1S/C20H21F2N5OS/c1-26-10-11(9-23-26)13-8-18(28)14(7-16(13)22)19-24-25-20(29-19)27(12-5-6-12)17-4-2-3-15(17)21/h7-10,12,15,17,28H,2-6H2,1H3/t15-,17+/m0/s1. The lowest BCUT2D eigenvalue weighted by atomic mass is 10.1. The van der Waals surface area contributed by atoms with Gasteiger partial charge in [-0.25, -0.2) is 8.78 Å². The molecule has 152 valence electrons. The largest absolute Gasteiger partial charge is 0.507 e. The normalized spacial score (nSPS) is 21.6. The summed E-state index contributed by atoms with van der Waals surface area (Å²) in [6.07, 6.45) is 6.70. The fourth-order valence-electron chi connectivity index (χ4n) is 4.07. The third kappa shape index (κ3) is 3.37. The number of phenolic OH excluding ortho intramolecular Hbond substituents is 1. The second-order valence-electron chi connectivity index (χ2n) is 7.79. The van der Waals surface area contributed by atoms with Crippen LogP contribution in [0.3, 0.4) is 0 Å². The lowest BCUT2D eigenvalue weighted by Gasteiger charge is -2.29. The van der Waals surface area contributed by atoms with Crippen molar-refractivity contribution < 1.29 is 13.9 Å². The number of aromatic hydroxyl groups is 1. The van der Waals surface area contributed by atoms with Crippen LogP contribution in [0.2, 0.25) is 0 Å². The second kappa shape index (κ2) is 7.05. The van der Waals surface area contributed by atoms with Gasteiger partial charge in [0.15, 0.2) is 5.01 Å². The molecular weight excluding hydrogens is 396 g/mol. The molecule has 6 nitrogen and oxygen atoms in total. The van der Waals surface area contributed by atoms with Crippen molar-refractivity contribution in [3.63, 3.8) is 0 Å². The minimum absolute atomic E-state index is 0.0739. The number of hydrogen-bond acceptors (Lipinski definition) is 6. The number of benzene rings is 1. The van der Waals surface area contributed by atoms with Crippen LogP contribution < -0.4 is 4.90 Å². The molecule has 0 amide bonds. The first-order valence-corrected chi connectivity index (χ1v) is 10.6. The van der Waals surface area contributed by atoms with Crippen LogP contribution in [0.25, 0.3) is 21.7 Å². The lowest BCUT2D eigenvalue weighted by Crippen LogP contribution is -2.40. The summed E-state index contributed by atoms with van der Waals surface area (Å²) in [5.41, 5.74) is 1.15. The van der Waals surface area contributed by atoms with Crippen molar-refractivity contribution in [3.05, 3.63) is 30.3 Å². The van der Waals surface area contributed by atoms with E-state index in [1.54, 1.807) is 24.1 Å². The van der Waals surface area contributed by atoms with Crippen LogP contribution in [0.1, 0.15) is 32.1 Å². The molecule has 2 heterocycles. The topological polar surface area (TPSA) is 67.1 Å². The van der Waals surface area contributed by atoms with Crippen molar-refractivity contribution in [2.45, 2.75) is 50.4 Å². The van der Waals surface area contributed by atoms with Gasteiger partial charge in [-0.15, -0.1) is 10.2 Å². The molecule has 0 unspecified atom stereocenters. The number of hydrogen-bond donors (Lipinski definition) is 1. The maximum absolute atomic E-state index is 14.8. The van der Waals surface area contributed by atoms with Gasteiger partial charge in [-0.2, -0.15) is 5.10 Å². The molecule has 2 saturated carbocycles. The van der Waals surface area contributed by atoms with E-state index in [2.05, 4.69) is 20.2 Å². The molecule has 0 bridgehead atoms. The van der Waals surface area contributed by atoms with Gasteiger partial charge in [-0.1, -0.05) is 11.3 Å². The number of nitrogens with zero attached hydrogens (tertiary/aromatic N) is 5. The van der Waals surface area contributed by atoms with Crippen molar-refractivity contribution >= 4 is 16.5 Å². The molecule has 0 radical (unpaired) electrons. The number of rotatable bonds is 5. The Hall–Kier alpha value is -2.55. The lowest BCUT2D eigenvalue weighted by molar-refractivity contribution is 0.300.